The minimum absolute atomic E-state index is 0.583. The number of nitrogens with zero attached hydrogens (tertiary/aromatic N) is 4. The molecular weight excluding hydrogens is 160 g/mol. The van der Waals surface area contributed by atoms with E-state index in [0.717, 1.165) is 11.6 Å². The zero-order valence-electron chi connectivity index (χ0n) is 6.98. The van der Waals surface area contributed by atoms with Crippen LogP contribution in [0.25, 0.3) is 0 Å². The molecule has 1 aromatic rings. The predicted octanol–water partition coefficient (Wildman–Crippen LogP) is 1.10. The second kappa shape index (κ2) is 3.71. The molecule has 0 bridgehead atoms. The first-order chi connectivity index (χ1) is 5.24. The van der Waals surface area contributed by atoms with Crippen molar-refractivity contribution in [3.8, 4) is 0 Å². The normalized spacial score (nSPS) is 13.4. The molecule has 0 spiro atoms. The molecule has 0 aliphatic heterocycles. The maximum Gasteiger partial charge on any atom is 0.209 e. The summed E-state index contributed by atoms with van der Waals surface area (Å²) < 4.78 is 1.69. The maximum atomic E-state index is 3.87. The summed E-state index contributed by atoms with van der Waals surface area (Å²) in [4.78, 5) is 0. The van der Waals surface area contributed by atoms with Crippen molar-refractivity contribution in [2.75, 3.05) is 0 Å². The molecule has 1 rings (SSSR count). The van der Waals surface area contributed by atoms with Gasteiger partial charge in [-0.25, -0.2) is 4.68 Å². The number of aryl methyl sites for hydroxylation is 1. The molecule has 4 nitrogen and oxygen atoms in total. The molecule has 0 aliphatic rings. The van der Waals surface area contributed by atoms with Crippen LogP contribution in [0.15, 0.2) is 5.16 Å². The van der Waals surface area contributed by atoms with Crippen molar-refractivity contribution in [1.29, 1.82) is 0 Å². The zero-order valence-corrected chi connectivity index (χ0v) is 7.80. The molecular formula is C6H12N4S. The Bertz CT molecular complexity index is 222. The van der Waals surface area contributed by atoms with Gasteiger partial charge in [-0.3, -0.25) is 0 Å². The molecule has 1 atom stereocenters. The van der Waals surface area contributed by atoms with E-state index >= 15 is 0 Å². The van der Waals surface area contributed by atoms with Gasteiger partial charge in [-0.05, 0) is 16.8 Å². The largest absolute Gasteiger partial charge is 0.224 e. The van der Waals surface area contributed by atoms with Crippen LogP contribution >= 0.6 is 11.8 Å². The van der Waals surface area contributed by atoms with Gasteiger partial charge < -0.3 is 0 Å². The van der Waals surface area contributed by atoms with Crippen LogP contribution in [0.2, 0.25) is 0 Å². The smallest absolute Gasteiger partial charge is 0.209 e. The summed E-state index contributed by atoms with van der Waals surface area (Å²) in [6, 6.07) is 0. The molecule has 0 saturated carbocycles. The van der Waals surface area contributed by atoms with Crippen molar-refractivity contribution in [2.24, 2.45) is 7.05 Å². The van der Waals surface area contributed by atoms with Gasteiger partial charge in [-0.1, -0.05) is 25.6 Å². The first-order valence-electron chi connectivity index (χ1n) is 3.63. The van der Waals surface area contributed by atoms with E-state index in [4.69, 9.17) is 0 Å². The van der Waals surface area contributed by atoms with Crippen LogP contribution in [0.3, 0.4) is 0 Å². The molecule has 0 aromatic carbocycles. The van der Waals surface area contributed by atoms with Crippen LogP contribution < -0.4 is 0 Å². The first-order valence-corrected chi connectivity index (χ1v) is 4.51. The highest BCUT2D eigenvalue weighted by atomic mass is 32.2. The number of tetrazole rings is 1. The van der Waals surface area contributed by atoms with Crippen molar-refractivity contribution < 1.29 is 0 Å². The average molecular weight is 172 g/mol. The Morgan fingerprint density at radius 3 is 2.82 bits per heavy atom. The fourth-order valence-corrected chi connectivity index (χ4v) is 1.38. The van der Waals surface area contributed by atoms with Crippen LogP contribution in [0.1, 0.15) is 20.3 Å². The Morgan fingerprint density at radius 1 is 1.64 bits per heavy atom. The summed E-state index contributed by atoms with van der Waals surface area (Å²) in [7, 11) is 1.85. The number of rotatable bonds is 3. The van der Waals surface area contributed by atoms with Crippen molar-refractivity contribution in [3.05, 3.63) is 0 Å². The van der Waals surface area contributed by atoms with Crippen LogP contribution in [-0.4, -0.2) is 25.5 Å². The second-order valence-corrected chi connectivity index (χ2v) is 3.83. The summed E-state index contributed by atoms with van der Waals surface area (Å²) in [5.41, 5.74) is 0. The third-order valence-electron chi connectivity index (χ3n) is 1.46. The zero-order chi connectivity index (χ0) is 8.27. The molecule has 1 heterocycles. The van der Waals surface area contributed by atoms with Crippen molar-refractivity contribution in [1.82, 2.24) is 20.2 Å². The quantitative estimate of drug-likeness (QED) is 0.640. The Morgan fingerprint density at radius 2 is 2.36 bits per heavy atom. The molecule has 5 heteroatoms. The average Bonchev–Trinajstić information content (AvgIpc) is 2.37. The van der Waals surface area contributed by atoms with Crippen molar-refractivity contribution >= 4 is 11.8 Å². The van der Waals surface area contributed by atoms with E-state index in [1.165, 1.54) is 0 Å². The molecule has 62 valence electrons. The topological polar surface area (TPSA) is 43.6 Å². The molecule has 0 aliphatic carbocycles. The van der Waals surface area contributed by atoms with E-state index in [0.29, 0.717) is 5.25 Å². The third-order valence-corrected chi connectivity index (χ3v) is 2.76. The van der Waals surface area contributed by atoms with Gasteiger partial charge in [0, 0.05) is 12.3 Å². The Kier molecular flexibility index (Phi) is 2.87. The van der Waals surface area contributed by atoms with Gasteiger partial charge in [0.25, 0.3) is 0 Å². The molecule has 1 aromatic heterocycles. The summed E-state index contributed by atoms with van der Waals surface area (Å²) in [6.07, 6.45) is 1.14. The van der Waals surface area contributed by atoms with Crippen LogP contribution in [0.4, 0.5) is 0 Å². The molecule has 0 fully saturated rings. The lowest BCUT2D eigenvalue weighted by atomic mass is 10.4. The highest BCUT2D eigenvalue weighted by molar-refractivity contribution is 7.99. The third kappa shape index (κ3) is 2.18. The molecule has 0 amide bonds. The SMILES string of the molecule is CCC(C)Sc1nnnn1C. The van der Waals surface area contributed by atoms with Crippen LogP contribution in [0, 0.1) is 0 Å². The summed E-state index contributed by atoms with van der Waals surface area (Å²) >= 11 is 1.70. The lowest BCUT2D eigenvalue weighted by molar-refractivity contribution is 0.663. The van der Waals surface area contributed by atoms with E-state index in [-0.39, 0.29) is 0 Å². The Hall–Kier alpha value is -0.580. The van der Waals surface area contributed by atoms with E-state index in [1.807, 2.05) is 7.05 Å². The number of hydrogen-bond acceptors (Lipinski definition) is 4. The van der Waals surface area contributed by atoms with E-state index in [9.17, 15) is 0 Å². The molecule has 1 unspecified atom stereocenters. The molecule has 0 saturated heterocycles. The van der Waals surface area contributed by atoms with E-state index < -0.39 is 0 Å². The van der Waals surface area contributed by atoms with E-state index in [1.54, 1.807) is 16.4 Å². The van der Waals surface area contributed by atoms with Crippen LogP contribution in [-0.2, 0) is 7.05 Å². The second-order valence-electron chi connectivity index (χ2n) is 2.42. The molecule has 0 radical (unpaired) electrons. The summed E-state index contributed by atoms with van der Waals surface area (Å²) in [6.45, 7) is 4.32. The van der Waals surface area contributed by atoms with Gasteiger partial charge in [0.2, 0.25) is 5.16 Å². The molecule has 11 heavy (non-hydrogen) atoms. The minimum atomic E-state index is 0.583. The maximum absolute atomic E-state index is 3.87. The van der Waals surface area contributed by atoms with E-state index in [2.05, 4.69) is 29.4 Å². The Labute approximate surface area is 70.4 Å². The van der Waals surface area contributed by atoms with Gasteiger partial charge in [0.1, 0.15) is 0 Å². The fraction of sp³-hybridized carbons (Fsp3) is 0.833. The van der Waals surface area contributed by atoms with Gasteiger partial charge in [0.15, 0.2) is 0 Å². The lowest BCUT2D eigenvalue weighted by Gasteiger charge is -2.04. The van der Waals surface area contributed by atoms with Gasteiger partial charge in [-0.2, -0.15) is 0 Å². The number of aromatic nitrogens is 4. The Balaban J connectivity index is 2.56. The summed E-state index contributed by atoms with van der Waals surface area (Å²) in [5.74, 6) is 0. The van der Waals surface area contributed by atoms with Crippen molar-refractivity contribution in [2.45, 2.75) is 30.7 Å². The fourth-order valence-electron chi connectivity index (χ4n) is 0.584. The minimum Gasteiger partial charge on any atom is -0.224 e. The number of hydrogen-bond donors (Lipinski definition) is 0. The highest BCUT2D eigenvalue weighted by Crippen LogP contribution is 2.20. The van der Waals surface area contributed by atoms with Crippen LogP contribution in [0.5, 0.6) is 0 Å². The first kappa shape index (κ1) is 8.52. The van der Waals surface area contributed by atoms with Crippen molar-refractivity contribution in [3.63, 3.8) is 0 Å². The predicted molar refractivity (Wildman–Crippen MR) is 44.4 cm³/mol. The lowest BCUT2D eigenvalue weighted by Crippen LogP contribution is -1.98. The van der Waals surface area contributed by atoms with Gasteiger partial charge in [0.05, 0.1) is 0 Å². The van der Waals surface area contributed by atoms with Gasteiger partial charge in [-0.15, -0.1) is 5.10 Å². The summed E-state index contributed by atoms with van der Waals surface area (Å²) in [5, 5.41) is 12.6. The molecule has 0 N–H and O–H groups in total. The highest BCUT2D eigenvalue weighted by Gasteiger charge is 2.06. The van der Waals surface area contributed by atoms with Gasteiger partial charge >= 0.3 is 0 Å². The standard InChI is InChI=1S/C6H12N4S/c1-4-5(2)11-6-7-8-9-10(6)3/h5H,4H2,1-3H3. The monoisotopic (exact) mass is 172 g/mol. The number of thioether (sulfide) groups is 1.